The summed E-state index contributed by atoms with van der Waals surface area (Å²) in [6, 6.07) is 4.12. The smallest absolute Gasteiger partial charge is 0.312 e. The lowest BCUT2D eigenvalue weighted by Crippen LogP contribution is -2.40. The zero-order chi connectivity index (χ0) is 14.8. The van der Waals surface area contributed by atoms with Crippen molar-refractivity contribution in [3.8, 4) is 0 Å². The first kappa shape index (κ1) is 15.4. The van der Waals surface area contributed by atoms with Crippen LogP contribution in [0.25, 0.3) is 0 Å². The van der Waals surface area contributed by atoms with Crippen molar-refractivity contribution in [3.05, 3.63) is 28.3 Å². The third-order valence-electron chi connectivity index (χ3n) is 2.18. The van der Waals surface area contributed by atoms with Crippen molar-refractivity contribution >= 4 is 21.4 Å². The number of nitro benzene ring substituents is 1. The molecule has 0 aromatic heterocycles. The van der Waals surface area contributed by atoms with Crippen LogP contribution in [-0.4, -0.2) is 25.9 Å². The van der Waals surface area contributed by atoms with E-state index in [4.69, 9.17) is 0 Å². The minimum atomic E-state index is -3.96. The number of nitro groups is 1. The predicted molar refractivity (Wildman–Crippen MR) is 72.7 cm³/mol. The Morgan fingerprint density at radius 2 is 1.84 bits per heavy atom. The van der Waals surface area contributed by atoms with Crippen molar-refractivity contribution in [2.24, 2.45) is 0 Å². The summed E-state index contributed by atoms with van der Waals surface area (Å²) in [4.78, 5) is 10.0. The minimum Gasteiger partial charge on any atom is -0.383 e. The number of para-hydroxylation sites is 1. The molecule has 2 N–H and O–H groups in total. The molecule has 0 saturated heterocycles. The highest BCUT2D eigenvalue weighted by atomic mass is 32.2. The van der Waals surface area contributed by atoms with E-state index >= 15 is 0 Å². The Morgan fingerprint density at radius 3 is 2.26 bits per heavy atom. The van der Waals surface area contributed by atoms with Gasteiger partial charge in [0.05, 0.1) is 4.92 Å². The summed E-state index contributed by atoms with van der Waals surface area (Å²) in [6.07, 6.45) is 0. The maximum Gasteiger partial charge on any atom is 0.312 e. The molecule has 0 aliphatic heterocycles. The third-order valence-corrected chi connectivity index (χ3v) is 3.97. The molecule has 0 radical (unpaired) electrons. The molecule has 19 heavy (non-hydrogen) atoms. The fraction of sp³-hybridized carbons (Fsp3) is 0.455. The highest BCUT2D eigenvalue weighted by Gasteiger charge is 2.31. The molecule has 7 nitrogen and oxygen atoms in total. The summed E-state index contributed by atoms with van der Waals surface area (Å²) in [5, 5.41) is 13.7. The number of nitrogens with zero attached hydrogens (tertiary/aromatic N) is 1. The van der Waals surface area contributed by atoms with Gasteiger partial charge in [-0.15, -0.1) is 0 Å². The van der Waals surface area contributed by atoms with Crippen LogP contribution < -0.4 is 10.0 Å². The maximum absolute atomic E-state index is 12.2. The van der Waals surface area contributed by atoms with E-state index in [-0.39, 0.29) is 10.6 Å². The van der Waals surface area contributed by atoms with Crippen LogP contribution in [0, 0.1) is 10.1 Å². The molecule has 0 unspecified atom stereocenters. The molecule has 0 fully saturated rings. The van der Waals surface area contributed by atoms with Gasteiger partial charge in [0.25, 0.3) is 0 Å². The lowest BCUT2D eigenvalue weighted by molar-refractivity contribution is -0.386. The van der Waals surface area contributed by atoms with Crippen molar-refractivity contribution in [3.63, 3.8) is 0 Å². The van der Waals surface area contributed by atoms with E-state index in [1.165, 1.54) is 25.2 Å². The number of benzene rings is 1. The fourth-order valence-electron chi connectivity index (χ4n) is 1.59. The minimum absolute atomic E-state index is 0.154. The van der Waals surface area contributed by atoms with Crippen LogP contribution in [0.4, 0.5) is 11.4 Å². The Kier molecular flexibility index (Phi) is 4.16. The summed E-state index contributed by atoms with van der Waals surface area (Å²) < 4.78 is 26.8. The molecule has 0 aliphatic carbocycles. The van der Waals surface area contributed by atoms with Crippen LogP contribution in [0.3, 0.4) is 0 Å². The van der Waals surface area contributed by atoms with Crippen LogP contribution in [0.5, 0.6) is 0 Å². The van der Waals surface area contributed by atoms with Crippen LogP contribution >= 0.6 is 0 Å². The van der Waals surface area contributed by atoms with Gasteiger partial charge in [-0.2, -0.15) is 0 Å². The number of anilines is 1. The predicted octanol–water partition coefficient (Wildman–Crippen LogP) is 1.71. The van der Waals surface area contributed by atoms with E-state index in [0.717, 1.165) is 0 Å². The topological polar surface area (TPSA) is 101 Å². The molecule has 1 rings (SSSR count). The average molecular weight is 287 g/mol. The Bertz CT molecular complexity index is 590. The second-order valence-corrected chi connectivity index (χ2v) is 6.67. The number of sulfonamides is 1. The monoisotopic (exact) mass is 287 g/mol. The molecule has 8 heteroatoms. The number of rotatable bonds is 4. The van der Waals surface area contributed by atoms with Crippen LogP contribution in [-0.2, 0) is 10.0 Å². The molecule has 0 saturated carbocycles. The maximum atomic E-state index is 12.2. The van der Waals surface area contributed by atoms with E-state index < -0.39 is 26.2 Å². The van der Waals surface area contributed by atoms with E-state index in [0.29, 0.717) is 0 Å². The zero-order valence-corrected chi connectivity index (χ0v) is 12.0. The van der Waals surface area contributed by atoms with Crippen LogP contribution in [0.15, 0.2) is 23.1 Å². The summed E-state index contributed by atoms with van der Waals surface area (Å²) in [5.74, 6) is 0. The first-order valence-electron chi connectivity index (χ1n) is 5.57. The Hall–Kier alpha value is -1.67. The molecule has 0 amide bonds. The number of nitrogens with one attached hydrogen (secondary N) is 2. The van der Waals surface area contributed by atoms with Crippen molar-refractivity contribution in [1.29, 1.82) is 0 Å². The Balaban J connectivity index is 3.47. The molecule has 0 bridgehead atoms. The highest BCUT2D eigenvalue weighted by Crippen LogP contribution is 2.31. The molecule has 1 aromatic rings. The molecule has 0 spiro atoms. The van der Waals surface area contributed by atoms with E-state index in [2.05, 4.69) is 10.0 Å². The highest BCUT2D eigenvalue weighted by molar-refractivity contribution is 7.89. The Labute approximate surface area is 112 Å². The lowest BCUT2D eigenvalue weighted by atomic mass is 10.1. The van der Waals surface area contributed by atoms with Gasteiger partial charge in [-0.1, -0.05) is 6.07 Å². The summed E-state index contributed by atoms with van der Waals surface area (Å²) in [5.41, 5.74) is -1.02. The normalized spacial score (nSPS) is 12.2. The van der Waals surface area contributed by atoms with Gasteiger partial charge in [0.1, 0.15) is 5.69 Å². The SMILES string of the molecule is CNc1cccc(S(=O)(=O)NC(C)(C)C)c1[N+](=O)[O-]. The molecule has 0 atom stereocenters. The molecule has 0 heterocycles. The van der Waals surface area contributed by atoms with Gasteiger partial charge in [0.2, 0.25) is 10.0 Å². The molecular weight excluding hydrogens is 270 g/mol. The largest absolute Gasteiger partial charge is 0.383 e. The second kappa shape index (κ2) is 5.14. The molecule has 106 valence electrons. The number of hydrogen-bond acceptors (Lipinski definition) is 5. The Morgan fingerprint density at radius 1 is 1.26 bits per heavy atom. The summed E-state index contributed by atoms with van der Waals surface area (Å²) in [6.45, 7) is 4.99. The van der Waals surface area contributed by atoms with Crippen LogP contribution in [0.2, 0.25) is 0 Å². The van der Waals surface area contributed by atoms with Crippen molar-refractivity contribution in [1.82, 2.24) is 4.72 Å². The van der Waals surface area contributed by atoms with Crippen molar-refractivity contribution in [2.45, 2.75) is 31.2 Å². The first-order chi connectivity index (χ1) is 8.58. The van der Waals surface area contributed by atoms with Gasteiger partial charge in [-0.25, -0.2) is 13.1 Å². The standard InChI is InChI=1S/C11H17N3O4S/c1-11(2,3)13-19(17,18)9-7-5-6-8(12-4)10(9)14(15)16/h5-7,12-13H,1-4H3. The fourth-order valence-corrected chi connectivity index (χ4v) is 3.20. The third kappa shape index (κ3) is 3.65. The summed E-state index contributed by atoms with van der Waals surface area (Å²) in [7, 11) is -2.46. The van der Waals surface area contributed by atoms with Crippen molar-refractivity contribution in [2.75, 3.05) is 12.4 Å². The number of hydrogen-bond donors (Lipinski definition) is 2. The van der Waals surface area contributed by atoms with Gasteiger partial charge in [-0.05, 0) is 32.9 Å². The lowest BCUT2D eigenvalue weighted by Gasteiger charge is -2.20. The van der Waals surface area contributed by atoms with Gasteiger partial charge >= 0.3 is 5.69 Å². The van der Waals surface area contributed by atoms with Crippen molar-refractivity contribution < 1.29 is 13.3 Å². The van der Waals surface area contributed by atoms with Gasteiger partial charge in [-0.3, -0.25) is 10.1 Å². The molecule has 1 aromatic carbocycles. The quantitative estimate of drug-likeness (QED) is 0.648. The summed E-state index contributed by atoms with van der Waals surface area (Å²) >= 11 is 0. The van der Waals surface area contributed by atoms with Gasteiger partial charge in [0.15, 0.2) is 4.90 Å². The van der Waals surface area contributed by atoms with Gasteiger partial charge in [0, 0.05) is 12.6 Å². The van der Waals surface area contributed by atoms with E-state index in [1.807, 2.05) is 0 Å². The van der Waals surface area contributed by atoms with E-state index in [9.17, 15) is 18.5 Å². The molecule has 0 aliphatic rings. The average Bonchev–Trinajstić information content (AvgIpc) is 2.24. The molecular formula is C11H17N3O4S. The second-order valence-electron chi connectivity index (χ2n) is 5.01. The first-order valence-corrected chi connectivity index (χ1v) is 7.06. The van der Waals surface area contributed by atoms with Gasteiger partial charge < -0.3 is 5.32 Å². The van der Waals surface area contributed by atoms with E-state index in [1.54, 1.807) is 20.8 Å². The zero-order valence-electron chi connectivity index (χ0n) is 11.2. The van der Waals surface area contributed by atoms with Crippen LogP contribution in [0.1, 0.15) is 20.8 Å².